The molecule has 0 saturated carbocycles. The van der Waals surface area contributed by atoms with Gasteiger partial charge in [-0.05, 0) is 12.5 Å². The Hall–Kier alpha value is -1.46. The molecule has 0 fully saturated rings. The third kappa shape index (κ3) is 4.58. The first-order valence-electron chi connectivity index (χ1n) is 5.95. The average Bonchev–Trinajstić information content (AvgIpc) is 2.76. The Morgan fingerprint density at radius 3 is 2.60 bits per heavy atom. The molecular formula is C13H15O6P. The van der Waals surface area contributed by atoms with Crippen molar-refractivity contribution in [1.29, 1.82) is 0 Å². The highest BCUT2D eigenvalue weighted by atomic mass is 31.2. The first kappa shape index (κ1) is 14.9. The van der Waals surface area contributed by atoms with Crippen molar-refractivity contribution in [3.8, 4) is 0 Å². The van der Waals surface area contributed by atoms with Crippen molar-refractivity contribution in [1.82, 2.24) is 0 Å². The third-order valence-electron chi connectivity index (χ3n) is 2.49. The van der Waals surface area contributed by atoms with Crippen molar-refractivity contribution in [2.75, 3.05) is 6.35 Å². The molecule has 0 amide bonds. The van der Waals surface area contributed by atoms with E-state index in [9.17, 15) is 9.69 Å². The Morgan fingerprint density at radius 1 is 1.20 bits per heavy atom. The number of rotatable bonds is 7. The second kappa shape index (κ2) is 7.36. The van der Waals surface area contributed by atoms with Gasteiger partial charge in [0.1, 0.15) is 18.7 Å². The van der Waals surface area contributed by atoms with Gasteiger partial charge in [0.15, 0.2) is 14.1 Å². The van der Waals surface area contributed by atoms with Crippen LogP contribution in [0.2, 0.25) is 0 Å². The monoisotopic (exact) mass is 298 g/mol. The van der Waals surface area contributed by atoms with Gasteiger partial charge < -0.3 is 23.0 Å². The molecule has 0 aliphatic carbocycles. The molecule has 2 rings (SSSR count). The summed E-state index contributed by atoms with van der Waals surface area (Å²) in [4.78, 5) is 20.5. The summed E-state index contributed by atoms with van der Waals surface area (Å²) in [7, 11) is -1.73. The zero-order valence-electron chi connectivity index (χ0n) is 10.9. The highest BCUT2D eigenvalue weighted by Gasteiger charge is 2.12. The molecule has 2 aromatic rings. The van der Waals surface area contributed by atoms with Crippen LogP contribution in [0.4, 0.5) is 0 Å². The fraction of sp³-hybridized carbons (Fsp3) is 0.308. The van der Waals surface area contributed by atoms with Crippen molar-refractivity contribution in [2.24, 2.45) is 0 Å². The van der Waals surface area contributed by atoms with E-state index in [4.69, 9.17) is 13.7 Å². The molecule has 0 radical (unpaired) electrons. The topological polar surface area (TPSA) is 82.0 Å². The summed E-state index contributed by atoms with van der Waals surface area (Å²) >= 11 is 0. The highest BCUT2D eigenvalue weighted by Crippen LogP contribution is 2.33. The van der Waals surface area contributed by atoms with Gasteiger partial charge in [-0.2, -0.15) is 0 Å². The molecule has 0 saturated heterocycles. The van der Waals surface area contributed by atoms with Crippen LogP contribution in [-0.4, -0.2) is 11.2 Å². The van der Waals surface area contributed by atoms with Gasteiger partial charge in [0, 0.05) is 0 Å². The van der Waals surface area contributed by atoms with E-state index in [1.165, 1.54) is 0 Å². The van der Waals surface area contributed by atoms with Crippen LogP contribution in [0.3, 0.4) is 0 Å². The molecule has 1 heterocycles. The van der Waals surface area contributed by atoms with Crippen molar-refractivity contribution < 1.29 is 23.0 Å². The summed E-state index contributed by atoms with van der Waals surface area (Å²) in [6.07, 6.45) is 0.0886. The molecule has 1 N–H and O–H groups in total. The molecule has 108 valence electrons. The van der Waals surface area contributed by atoms with Crippen LogP contribution < -0.4 is 5.82 Å². The van der Waals surface area contributed by atoms with Crippen LogP contribution >= 0.6 is 8.38 Å². The summed E-state index contributed by atoms with van der Waals surface area (Å²) in [6, 6.07) is 9.63. The summed E-state index contributed by atoms with van der Waals surface area (Å²) < 4.78 is 19.9. The van der Waals surface area contributed by atoms with Crippen molar-refractivity contribution in [3.63, 3.8) is 0 Å². The van der Waals surface area contributed by atoms with Crippen LogP contribution in [0.1, 0.15) is 17.1 Å². The van der Waals surface area contributed by atoms with E-state index in [-0.39, 0.29) is 18.7 Å². The third-order valence-corrected chi connectivity index (χ3v) is 3.32. The summed E-state index contributed by atoms with van der Waals surface area (Å²) in [5, 5.41) is 0. The molecule has 1 aromatic carbocycles. The number of hydrogen-bond donors (Lipinski definition) is 1. The lowest BCUT2D eigenvalue weighted by Crippen LogP contribution is -1.97. The van der Waals surface area contributed by atoms with Gasteiger partial charge in [0.05, 0.1) is 6.61 Å². The first-order chi connectivity index (χ1) is 9.65. The minimum absolute atomic E-state index is 0.0194. The fourth-order valence-electron chi connectivity index (χ4n) is 1.49. The number of aryl methyl sites for hydroxylation is 1. The first-order valence-corrected chi connectivity index (χ1v) is 7.35. The molecule has 20 heavy (non-hydrogen) atoms. The van der Waals surface area contributed by atoms with E-state index in [0.717, 1.165) is 5.56 Å². The Balaban J connectivity index is 1.69. The van der Waals surface area contributed by atoms with Gasteiger partial charge >= 0.3 is 5.82 Å². The lowest BCUT2D eigenvalue weighted by Gasteiger charge is -2.10. The Labute approximate surface area is 116 Å². The lowest BCUT2D eigenvalue weighted by molar-refractivity contribution is 0.144. The van der Waals surface area contributed by atoms with E-state index in [0.29, 0.717) is 12.4 Å². The van der Waals surface area contributed by atoms with E-state index in [1.54, 1.807) is 6.92 Å². The van der Waals surface area contributed by atoms with Crippen LogP contribution in [0.5, 0.6) is 0 Å². The SMILES string of the molecule is Cc1oc(=O)oc1COP(O)COCc1ccccc1. The van der Waals surface area contributed by atoms with Gasteiger partial charge in [-0.1, -0.05) is 30.3 Å². The molecule has 0 aliphatic heterocycles. The molecule has 7 heteroatoms. The van der Waals surface area contributed by atoms with E-state index in [1.807, 2.05) is 30.3 Å². The van der Waals surface area contributed by atoms with E-state index >= 15 is 0 Å². The van der Waals surface area contributed by atoms with E-state index < -0.39 is 14.2 Å². The second-order valence-electron chi connectivity index (χ2n) is 4.02. The molecule has 1 aromatic heterocycles. The summed E-state index contributed by atoms with van der Waals surface area (Å²) in [6.45, 7) is 1.98. The Morgan fingerprint density at radius 2 is 1.95 bits per heavy atom. The minimum atomic E-state index is -1.73. The molecular weight excluding hydrogens is 283 g/mol. The molecule has 0 spiro atoms. The van der Waals surface area contributed by atoms with Crippen LogP contribution in [0.25, 0.3) is 0 Å². The zero-order chi connectivity index (χ0) is 14.4. The number of benzene rings is 1. The zero-order valence-corrected chi connectivity index (χ0v) is 11.8. The summed E-state index contributed by atoms with van der Waals surface area (Å²) in [5.41, 5.74) is 1.02. The van der Waals surface area contributed by atoms with Crippen LogP contribution in [0.15, 0.2) is 44.0 Å². The van der Waals surface area contributed by atoms with Gasteiger partial charge in [0.2, 0.25) is 0 Å². The van der Waals surface area contributed by atoms with Gasteiger partial charge in [-0.3, -0.25) is 0 Å². The van der Waals surface area contributed by atoms with Crippen molar-refractivity contribution in [3.05, 3.63) is 58.0 Å². The summed E-state index contributed by atoms with van der Waals surface area (Å²) in [5.74, 6) is -0.146. The van der Waals surface area contributed by atoms with Crippen molar-refractivity contribution in [2.45, 2.75) is 20.1 Å². The normalized spacial score (nSPS) is 12.5. The maximum absolute atomic E-state index is 10.8. The number of hydrogen-bond acceptors (Lipinski definition) is 6. The maximum atomic E-state index is 10.8. The van der Waals surface area contributed by atoms with Crippen LogP contribution in [0, 0.1) is 6.92 Å². The van der Waals surface area contributed by atoms with Gasteiger partial charge in [-0.15, -0.1) is 0 Å². The second-order valence-corrected chi connectivity index (χ2v) is 5.24. The largest absolute Gasteiger partial charge is 0.519 e. The van der Waals surface area contributed by atoms with Crippen LogP contribution in [-0.2, 0) is 22.5 Å². The Bertz CT molecular complexity index is 576. The Kier molecular flexibility index (Phi) is 5.49. The highest BCUT2D eigenvalue weighted by molar-refractivity contribution is 7.45. The van der Waals surface area contributed by atoms with Gasteiger partial charge in [-0.25, -0.2) is 4.79 Å². The fourth-order valence-corrected chi connectivity index (χ4v) is 2.08. The minimum Gasteiger partial charge on any atom is -0.396 e. The maximum Gasteiger partial charge on any atom is 0.519 e. The average molecular weight is 298 g/mol. The quantitative estimate of drug-likeness (QED) is 0.791. The predicted octanol–water partition coefficient (Wildman–Crippen LogP) is 2.54. The molecule has 0 aliphatic rings. The lowest BCUT2D eigenvalue weighted by atomic mass is 10.2. The molecule has 1 atom stereocenters. The smallest absolute Gasteiger partial charge is 0.396 e. The molecule has 6 nitrogen and oxygen atoms in total. The van der Waals surface area contributed by atoms with Gasteiger partial charge in [0.25, 0.3) is 0 Å². The molecule has 0 bridgehead atoms. The van der Waals surface area contributed by atoms with Crippen molar-refractivity contribution >= 4 is 8.38 Å². The number of ether oxygens (including phenoxy) is 1. The van der Waals surface area contributed by atoms with E-state index in [2.05, 4.69) is 4.42 Å². The standard InChI is InChI=1S/C13H15O6P/c1-10-12(19-13(14)18-10)8-17-20(15)9-16-7-11-5-3-2-4-6-11/h2-6,15H,7-9H2,1H3. The molecule has 1 unspecified atom stereocenters. The predicted molar refractivity (Wildman–Crippen MR) is 72.0 cm³/mol.